The summed E-state index contributed by atoms with van der Waals surface area (Å²) in [4.78, 5) is 10.2. The Kier molecular flexibility index (Phi) is 2.31. The Labute approximate surface area is 64.9 Å². The summed E-state index contributed by atoms with van der Waals surface area (Å²) in [5.41, 5.74) is 0. The molecule has 1 aliphatic heterocycles. The second kappa shape index (κ2) is 2.88. The van der Waals surface area contributed by atoms with Gasteiger partial charge in [0.2, 0.25) is 0 Å². The van der Waals surface area contributed by atoms with E-state index < -0.39 is 15.1 Å². The summed E-state index contributed by atoms with van der Waals surface area (Å²) in [5.74, 6) is 1.07. The highest BCUT2D eigenvalue weighted by Gasteiger charge is 2.16. The molecule has 0 aromatic heterocycles. The molecule has 3 nitrogen and oxygen atoms in total. The van der Waals surface area contributed by atoms with Gasteiger partial charge in [0, 0.05) is 11.5 Å². The van der Waals surface area contributed by atoms with Crippen molar-refractivity contribution in [2.45, 2.75) is 12.8 Å². The lowest BCUT2D eigenvalue weighted by molar-refractivity contribution is 0.267. The molecule has 1 rings (SSSR count). The van der Waals surface area contributed by atoms with Crippen LogP contribution in [0.5, 0.6) is 0 Å². The van der Waals surface area contributed by atoms with Crippen LogP contribution < -0.4 is 0 Å². The van der Waals surface area contributed by atoms with Crippen LogP contribution >= 0.6 is 11.6 Å². The maximum atomic E-state index is 11.3. The largest absolute Gasteiger partial charge is 0.347 e. The minimum atomic E-state index is -2.21. The monoisotopic (exact) mass is 181 g/mol. The Bertz CT molecular complexity index is 242. The predicted molar refractivity (Wildman–Crippen MR) is 40.8 cm³/mol. The third kappa shape index (κ3) is 1.95. The second-order valence-corrected chi connectivity index (χ2v) is 5.10. The molecule has 1 heterocycles. The first-order chi connectivity index (χ1) is 4.62. The standard InChI is InChI=1S/C5H8ClNO2S/c6-5(8)7-10(9)3-1-2-4-10/h1-4H2. The molecule has 0 radical (unpaired) electrons. The van der Waals surface area contributed by atoms with Gasteiger partial charge >= 0.3 is 5.37 Å². The molecule has 0 aromatic carbocycles. The van der Waals surface area contributed by atoms with Crippen LogP contribution in [0, 0.1) is 0 Å². The topological polar surface area (TPSA) is 46.5 Å². The highest BCUT2D eigenvalue weighted by Crippen LogP contribution is 2.13. The number of carbonyl (C=O) groups excluding carboxylic acids is 1. The zero-order valence-electron chi connectivity index (χ0n) is 5.38. The van der Waals surface area contributed by atoms with Crippen molar-refractivity contribution in [1.82, 2.24) is 0 Å². The van der Waals surface area contributed by atoms with E-state index in [2.05, 4.69) is 4.36 Å². The molecule has 0 bridgehead atoms. The molecule has 0 spiro atoms. The van der Waals surface area contributed by atoms with Crippen molar-refractivity contribution in [3.8, 4) is 0 Å². The molecule has 1 fully saturated rings. The lowest BCUT2D eigenvalue weighted by Gasteiger charge is -1.93. The van der Waals surface area contributed by atoms with Crippen molar-refractivity contribution >= 4 is 26.7 Å². The van der Waals surface area contributed by atoms with Gasteiger partial charge in [-0.05, 0) is 24.4 Å². The molecule has 10 heavy (non-hydrogen) atoms. The minimum Gasteiger partial charge on any atom is -0.252 e. The number of halogens is 1. The van der Waals surface area contributed by atoms with E-state index in [0.717, 1.165) is 12.8 Å². The summed E-state index contributed by atoms with van der Waals surface area (Å²) < 4.78 is 14.7. The van der Waals surface area contributed by atoms with E-state index in [0.29, 0.717) is 11.5 Å². The number of amides is 1. The van der Waals surface area contributed by atoms with E-state index in [4.69, 9.17) is 11.6 Å². The van der Waals surface area contributed by atoms with Crippen LogP contribution in [0.1, 0.15) is 12.8 Å². The SMILES string of the molecule is O=C(Cl)N=S1(=O)CCCC1. The summed E-state index contributed by atoms with van der Waals surface area (Å²) >= 11 is 4.96. The van der Waals surface area contributed by atoms with Gasteiger partial charge in [-0.25, -0.2) is 4.21 Å². The van der Waals surface area contributed by atoms with E-state index in [9.17, 15) is 9.00 Å². The van der Waals surface area contributed by atoms with Crippen LogP contribution in [0.25, 0.3) is 0 Å². The number of hydrogen-bond donors (Lipinski definition) is 0. The quantitative estimate of drug-likeness (QED) is 0.421. The summed E-state index contributed by atoms with van der Waals surface area (Å²) in [5, 5.41) is -0.827. The van der Waals surface area contributed by atoms with Crippen molar-refractivity contribution in [2.24, 2.45) is 4.36 Å². The molecule has 0 aromatic rings. The smallest absolute Gasteiger partial charge is 0.252 e. The minimum absolute atomic E-state index is 0.533. The van der Waals surface area contributed by atoms with E-state index in [1.165, 1.54) is 0 Å². The first kappa shape index (κ1) is 8.01. The number of rotatable bonds is 0. The van der Waals surface area contributed by atoms with Crippen LogP contribution in [0.15, 0.2) is 4.36 Å². The second-order valence-electron chi connectivity index (χ2n) is 2.23. The summed E-state index contributed by atoms with van der Waals surface area (Å²) in [6.07, 6.45) is 1.79. The summed E-state index contributed by atoms with van der Waals surface area (Å²) in [6, 6.07) is 0. The molecule has 0 aliphatic carbocycles. The molecule has 5 heteroatoms. The zero-order chi connectivity index (χ0) is 7.61. The number of nitrogens with zero attached hydrogens (tertiary/aromatic N) is 1. The van der Waals surface area contributed by atoms with Crippen LogP contribution in [-0.2, 0) is 9.73 Å². The van der Waals surface area contributed by atoms with Gasteiger partial charge in [-0.1, -0.05) is 0 Å². The van der Waals surface area contributed by atoms with Gasteiger partial charge in [-0.3, -0.25) is 4.79 Å². The summed E-state index contributed by atoms with van der Waals surface area (Å²) in [6.45, 7) is 0. The third-order valence-corrected chi connectivity index (χ3v) is 3.95. The van der Waals surface area contributed by atoms with Crippen molar-refractivity contribution in [3.05, 3.63) is 0 Å². The predicted octanol–water partition coefficient (Wildman–Crippen LogP) is 1.61. The maximum absolute atomic E-state index is 11.3. The fourth-order valence-corrected chi connectivity index (χ4v) is 3.32. The highest BCUT2D eigenvalue weighted by atomic mass is 35.5. The van der Waals surface area contributed by atoms with Crippen LogP contribution in [0.3, 0.4) is 0 Å². The van der Waals surface area contributed by atoms with Gasteiger partial charge in [0.15, 0.2) is 0 Å². The van der Waals surface area contributed by atoms with Crippen LogP contribution in [0.2, 0.25) is 0 Å². The Hall–Kier alpha value is -0.0900. The summed E-state index contributed by atoms with van der Waals surface area (Å²) in [7, 11) is -2.21. The Morgan fingerprint density at radius 1 is 1.40 bits per heavy atom. The third-order valence-electron chi connectivity index (χ3n) is 1.41. The van der Waals surface area contributed by atoms with Gasteiger partial charge < -0.3 is 0 Å². The van der Waals surface area contributed by atoms with E-state index in [-0.39, 0.29) is 0 Å². The van der Waals surface area contributed by atoms with Gasteiger partial charge in [-0.15, -0.1) is 4.36 Å². The Morgan fingerprint density at radius 3 is 2.30 bits per heavy atom. The van der Waals surface area contributed by atoms with Crippen molar-refractivity contribution in [3.63, 3.8) is 0 Å². The average Bonchev–Trinajstić information content (AvgIpc) is 2.12. The fraction of sp³-hybridized carbons (Fsp3) is 0.800. The molecule has 0 atom stereocenters. The molecule has 1 aliphatic rings. The maximum Gasteiger partial charge on any atom is 0.347 e. The van der Waals surface area contributed by atoms with Crippen LogP contribution in [0.4, 0.5) is 4.79 Å². The Morgan fingerprint density at radius 2 is 1.90 bits per heavy atom. The molecule has 0 saturated carbocycles. The van der Waals surface area contributed by atoms with Crippen molar-refractivity contribution < 1.29 is 9.00 Å². The van der Waals surface area contributed by atoms with E-state index in [1.54, 1.807) is 0 Å². The van der Waals surface area contributed by atoms with Gasteiger partial charge in [0.1, 0.15) is 0 Å². The first-order valence-electron chi connectivity index (χ1n) is 3.04. The highest BCUT2D eigenvalue weighted by molar-refractivity contribution is 7.94. The molecule has 0 unspecified atom stereocenters. The average molecular weight is 182 g/mol. The molecule has 1 amide bonds. The van der Waals surface area contributed by atoms with E-state index in [1.807, 2.05) is 0 Å². The van der Waals surface area contributed by atoms with Gasteiger partial charge in [0.25, 0.3) is 0 Å². The normalized spacial score (nSPS) is 22.5. The molecular formula is C5H8ClNO2S. The van der Waals surface area contributed by atoms with Crippen molar-refractivity contribution in [2.75, 3.05) is 11.5 Å². The van der Waals surface area contributed by atoms with Gasteiger partial charge in [0.05, 0.1) is 9.73 Å². The lowest BCUT2D eigenvalue weighted by atomic mass is 10.4. The molecule has 58 valence electrons. The molecule has 1 saturated heterocycles. The number of hydrogen-bond acceptors (Lipinski definition) is 2. The van der Waals surface area contributed by atoms with E-state index >= 15 is 0 Å². The fourth-order valence-electron chi connectivity index (χ4n) is 0.979. The zero-order valence-corrected chi connectivity index (χ0v) is 6.95. The number of carbonyl (C=O) groups is 1. The van der Waals surface area contributed by atoms with Crippen molar-refractivity contribution in [1.29, 1.82) is 0 Å². The van der Waals surface area contributed by atoms with Gasteiger partial charge in [-0.2, -0.15) is 0 Å². The molecular weight excluding hydrogens is 174 g/mol. The van der Waals surface area contributed by atoms with Crippen LogP contribution in [-0.4, -0.2) is 21.1 Å². The lowest BCUT2D eigenvalue weighted by Crippen LogP contribution is -2.01. The Balaban J connectivity index is 2.87. The molecule has 0 N–H and O–H groups in total. The first-order valence-corrected chi connectivity index (χ1v) is 5.27.